The molecule has 2 aromatic carbocycles. The molecule has 0 radical (unpaired) electrons. The summed E-state index contributed by atoms with van der Waals surface area (Å²) in [5, 5.41) is 3.41. The molecule has 3 rings (SSSR count). The molecule has 1 heterocycles. The summed E-state index contributed by atoms with van der Waals surface area (Å²) in [6.07, 6.45) is 0.889. The van der Waals surface area contributed by atoms with Gasteiger partial charge in [-0.15, -0.1) is 24.8 Å². The minimum Gasteiger partial charge on any atom is -0.369 e. The minimum absolute atomic E-state index is 0. The van der Waals surface area contributed by atoms with Crippen molar-refractivity contribution in [3.8, 4) is 0 Å². The van der Waals surface area contributed by atoms with Crippen molar-refractivity contribution in [2.24, 2.45) is 0 Å². The monoisotopic (exact) mass is 423 g/mol. The number of nitrogens with one attached hydrogen (secondary N) is 1. The molecule has 0 bridgehead atoms. The van der Waals surface area contributed by atoms with Crippen LogP contribution >= 0.6 is 24.8 Å². The maximum absolute atomic E-state index is 12.5. The van der Waals surface area contributed by atoms with E-state index < -0.39 is 0 Å². The lowest BCUT2D eigenvalue weighted by Gasteiger charge is -2.31. The number of amides is 1. The van der Waals surface area contributed by atoms with Crippen LogP contribution in [0.5, 0.6) is 0 Å². The van der Waals surface area contributed by atoms with Crippen molar-refractivity contribution in [2.75, 3.05) is 44.2 Å². The van der Waals surface area contributed by atoms with Crippen molar-refractivity contribution in [3.63, 3.8) is 0 Å². The summed E-state index contributed by atoms with van der Waals surface area (Å²) >= 11 is 0. The molecule has 4 nitrogen and oxygen atoms in total. The Morgan fingerprint density at radius 1 is 0.964 bits per heavy atom. The van der Waals surface area contributed by atoms with E-state index in [4.69, 9.17) is 0 Å². The van der Waals surface area contributed by atoms with Crippen LogP contribution in [0.3, 0.4) is 0 Å². The number of piperazine rings is 1. The highest BCUT2D eigenvalue weighted by Crippen LogP contribution is 2.24. The molecule has 154 valence electrons. The van der Waals surface area contributed by atoms with E-state index >= 15 is 0 Å². The van der Waals surface area contributed by atoms with E-state index in [0.29, 0.717) is 0 Å². The predicted molar refractivity (Wildman–Crippen MR) is 123 cm³/mol. The van der Waals surface area contributed by atoms with Crippen molar-refractivity contribution >= 4 is 36.4 Å². The number of benzene rings is 2. The Bertz CT molecular complexity index is 727. The Morgan fingerprint density at radius 2 is 1.57 bits per heavy atom. The van der Waals surface area contributed by atoms with Gasteiger partial charge in [0.1, 0.15) is 0 Å². The topological polar surface area (TPSA) is 35.6 Å². The SMILES string of the molecule is CCN(CC)C(=O)c1ccc(Cc2ccccc2N2CCNCC2)cc1.Cl.Cl. The minimum atomic E-state index is 0. The number of carbonyl (C=O) groups excluding carboxylic acids is 1. The summed E-state index contributed by atoms with van der Waals surface area (Å²) in [6, 6.07) is 16.8. The Hall–Kier alpha value is -1.75. The van der Waals surface area contributed by atoms with E-state index in [0.717, 1.165) is 51.3 Å². The molecule has 1 fully saturated rings. The molecule has 1 aliphatic heterocycles. The molecule has 2 aromatic rings. The van der Waals surface area contributed by atoms with Crippen molar-refractivity contribution < 1.29 is 4.79 Å². The molecule has 28 heavy (non-hydrogen) atoms. The number of rotatable bonds is 6. The molecule has 0 atom stereocenters. The summed E-state index contributed by atoms with van der Waals surface area (Å²) in [5.41, 5.74) is 4.69. The molecular weight excluding hydrogens is 393 g/mol. The Balaban J connectivity index is 0.00000196. The van der Waals surface area contributed by atoms with E-state index in [1.165, 1.54) is 16.8 Å². The second kappa shape index (κ2) is 11.9. The number of carbonyl (C=O) groups is 1. The number of hydrogen-bond acceptors (Lipinski definition) is 3. The molecule has 1 N–H and O–H groups in total. The van der Waals surface area contributed by atoms with Crippen molar-refractivity contribution in [2.45, 2.75) is 20.3 Å². The van der Waals surface area contributed by atoms with Crippen LogP contribution in [0.1, 0.15) is 35.3 Å². The first-order chi connectivity index (χ1) is 12.7. The van der Waals surface area contributed by atoms with Gasteiger partial charge in [0.25, 0.3) is 5.91 Å². The summed E-state index contributed by atoms with van der Waals surface area (Å²) in [6.45, 7) is 9.70. The third kappa shape index (κ3) is 5.87. The first-order valence-corrected chi connectivity index (χ1v) is 9.64. The van der Waals surface area contributed by atoms with Crippen LogP contribution in [-0.4, -0.2) is 50.1 Å². The van der Waals surface area contributed by atoms with Crippen LogP contribution < -0.4 is 10.2 Å². The summed E-state index contributed by atoms with van der Waals surface area (Å²) in [5.74, 6) is 0.114. The average Bonchev–Trinajstić information content (AvgIpc) is 2.70. The van der Waals surface area contributed by atoms with Gasteiger partial charge < -0.3 is 15.1 Å². The molecule has 1 amide bonds. The summed E-state index contributed by atoms with van der Waals surface area (Å²) < 4.78 is 0. The van der Waals surface area contributed by atoms with Crippen LogP contribution in [0.15, 0.2) is 48.5 Å². The zero-order chi connectivity index (χ0) is 18.4. The number of anilines is 1. The second-order valence-corrected chi connectivity index (χ2v) is 6.72. The van der Waals surface area contributed by atoms with Gasteiger partial charge in [-0.3, -0.25) is 4.79 Å². The van der Waals surface area contributed by atoms with Crippen LogP contribution in [0.4, 0.5) is 5.69 Å². The highest BCUT2D eigenvalue weighted by molar-refractivity contribution is 5.94. The lowest BCUT2D eigenvalue weighted by Crippen LogP contribution is -2.43. The van der Waals surface area contributed by atoms with Crippen LogP contribution in [0, 0.1) is 0 Å². The first-order valence-electron chi connectivity index (χ1n) is 9.64. The van der Waals surface area contributed by atoms with Gasteiger partial charge in [-0.2, -0.15) is 0 Å². The Labute approximate surface area is 181 Å². The maximum atomic E-state index is 12.5. The maximum Gasteiger partial charge on any atom is 0.253 e. The van der Waals surface area contributed by atoms with Gasteiger partial charge in [-0.05, 0) is 49.6 Å². The van der Waals surface area contributed by atoms with Gasteiger partial charge >= 0.3 is 0 Å². The number of hydrogen-bond donors (Lipinski definition) is 1. The predicted octanol–water partition coefficient (Wildman–Crippen LogP) is 4.01. The molecule has 6 heteroatoms. The van der Waals surface area contributed by atoms with E-state index in [9.17, 15) is 4.79 Å². The summed E-state index contributed by atoms with van der Waals surface area (Å²) in [7, 11) is 0. The smallest absolute Gasteiger partial charge is 0.253 e. The molecule has 0 aliphatic carbocycles. The fourth-order valence-electron chi connectivity index (χ4n) is 3.55. The van der Waals surface area contributed by atoms with E-state index in [1.807, 2.05) is 30.9 Å². The second-order valence-electron chi connectivity index (χ2n) is 6.72. The van der Waals surface area contributed by atoms with Gasteiger partial charge in [0.05, 0.1) is 0 Å². The molecule has 0 spiro atoms. The average molecular weight is 424 g/mol. The van der Waals surface area contributed by atoms with Crippen LogP contribution in [0.2, 0.25) is 0 Å². The molecule has 1 saturated heterocycles. The lowest BCUT2D eigenvalue weighted by molar-refractivity contribution is 0.0773. The van der Waals surface area contributed by atoms with Gasteiger partial charge in [-0.1, -0.05) is 30.3 Å². The van der Waals surface area contributed by atoms with E-state index in [1.54, 1.807) is 0 Å². The summed E-state index contributed by atoms with van der Waals surface area (Å²) in [4.78, 5) is 16.8. The number of nitrogens with zero attached hydrogens (tertiary/aromatic N) is 2. The van der Waals surface area contributed by atoms with Gasteiger partial charge in [0.2, 0.25) is 0 Å². The van der Waals surface area contributed by atoms with Crippen molar-refractivity contribution in [1.82, 2.24) is 10.2 Å². The van der Waals surface area contributed by atoms with Gasteiger partial charge in [0, 0.05) is 50.5 Å². The van der Waals surface area contributed by atoms with Crippen molar-refractivity contribution in [1.29, 1.82) is 0 Å². The van der Waals surface area contributed by atoms with Gasteiger partial charge in [0.15, 0.2) is 0 Å². The fraction of sp³-hybridized carbons (Fsp3) is 0.409. The van der Waals surface area contributed by atoms with Crippen LogP contribution in [-0.2, 0) is 6.42 Å². The first kappa shape index (κ1) is 24.3. The number of para-hydroxylation sites is 1. The molecule has 0 unspecified atom stereocenters. The third-order valence-corrected chi connectivity index (χ3v) is 5.10. The molecule has 0 saturated carbocycles. The standard InChI is InChI=1S/C22H29N3O.2ClH/c1-3-24(4-2)22(26)19-11-9-18(10-12-19)17-20-7-5-6-8-21(20)25-15-13-23-14-16-25;;/h5-12,23H,3-4,13-17H2,1-2H3;2*1H. The largest absolute Gasteiger partial charge is 0.369 e. The Morgan fingerprint density at radius 3 is 2.18 bits per heavy atom. The highest BCUT2D eigenvalue weighted by Gasteiger charge is 2.15. The molecule has 1 aliphatic rings. The molecular formula is C22H31Cl2N3O. The van der Waals surface area contributed by atoms with Crippen LogP contribution in [0.25, 0.3) is 0 Å². The fourth-order valence-corrected chi connectivity index (χ4v) is 3.55. The third-order valence-electron chi connectivity index (χ3n) is 5.10. The zero-order valence-corrected chi connectivity index (χ0v) is 18.3. The number of halogens is 2. The lowest BCUT2D eigenvalue weighted by atomic mass is 10.0. The normalized spacial score (nSPS) is 13.3. The van der Waals surface area contributed by atoms with Crippen molar-refractivity contribution in [3.05, 3.63) is 65.2 Å². The van der Waals surface area contributed by atoms with Gasteiger partial charge in [-0.25, -0.2) is 0 Å². The van der Waals surface area contributed by atoms with E-state index in [-0.39, 0.29) is 30.7 Å². The molecule has 0 aromatic heterocycles. The quantitative estimate of drug-likeness (QED) is 0.761. The van der Waals surface area contributed by atoms with E-state index in [2.05, 4.69) is 46.6 Å². The zero-order valence-electron chi connectivity index (χ0n) is 16.7. The Kier molecular flexibility index (Phi) is 10.4. The highest BCUT2D eigenvalue weighted by atomic mass is 35.5.